The van der Waals surface area contributed by atoms with Crippen molar-refractivity contribution in [3.05, 3.63) is 0 Å². The first kappa shape index (κ1) is 12.9. The van der Waals surface area contributed by atoms with Crippen molar-refractivity contribution in [3.63, 3.8) is 0 Å². The Morgan fingerprint density at radius 3 is 2.78 bits per heavy atom. The lowest BCUT2D eigenvalue weighted by Gasteiger charge is -2.49. The Balaban J connectivity index is 1.64. The number of hydrogen-bond acceptors (Lipinski definition) is 3. The molecule has 3 rings (SSSR count). The fraction of sp³-hybridized carbons (Fsp3) is 1.00. The third kappa shape index (κ3) is 2.59. The second-order valence-electron chi connectivity index (χ2n) is 6.81. The summed E-state index contributed by atoms with van der Waals surface area (Å²) in [6, 6.07) is 0.756. The molecule has 2 saturated heterocycles. The first-order chi connectivity index (χ1) is 8.71. The lowest BCUT2D eigenvalue weighted by molar-refractivity contribution is 0.0286. The zero-order chi connectivity index (χ0) is 12.6. The van der Waals surface area contributed by atoms with E-state index in [4.69, 9.17) is 4.74 Å². The van der Waals surface area contributed by atoms with E-state index in [0.717, 1.165) is 37.6 Å². The van der Waals surface area contributed by atoms with Crippen LogP contribution in [0.15, 0.2) is 0 Å². The van der Waals surface area contributed by atoms with Gasteiger partial charge in [0.15, 0.2) is 0 Å². The maximum atomic E-state index is 5.54. The van der Waals surface area contributed by atoms with E-state index in [1.807, 2.05) is 0 Å². The Labute approximate surface area is 111 Å². The molecule has 3 atom stereocenters. The number of piperazine rings is 1. The molecule has 2 aliphatic heterocycles. The highest BCUT2D eigenvalue weighted by molar-refractivity contribution is 5.00. The number of nitrogens with one attached hydrogen (secondary N) is 1. The summed E-state index contributed by atoms with van der Waals surface area (Å²) in [5.74, 6) is 1.74. The van der Waals surface area contributed by atoms with Crippen LogP contribution in [0.25, 0.3) is 0 Å². The molecule has 1 saturated carbocycles. The van der Waals surface area contributed by atoms with Gasteiger partial charge in [-0.2, -0.15) is 0 Å². The maximum Gasteiger partial charge on any atom is 0.0507 e. The Kier molecular flexibility index (Phi) is 3.65. The maximum absolute atomic E-state index is 5.54. The molecule has 0 aromatic heterocycles. The van der Waals surface area contributed by atoms with Crippen LogP contribution in [-0.2, 0) is 4.74 Å². The van der Waals surface area contributed by atoms with Crippen LogP contribution in [0.3, 0.4) is 0 Å². The highest BCUT2D eigenvalue weighted by Crippen LogP contribution is 2.36. The summed E-state index contributed by atoms with van der Waals surface area (Å²) >= 11 is 0. The van der Waals surface area contributed by atoms with Gasteiger partial charge in [0.25, 0.3) is 0 Å². The number of hydrogen-bond donors (Lipinski definition) is 1. The van der Waals surface area contributed by atoms with Crippen molar-refractivity contribution in [2.45, 2.75) is 51.1 Å². The van der Waals surface area contributed by atoms with Crippen LogP contribution in [0.2, 0.25) is 0 Å². The van der Waals surface area contributed by atoms with Gasteiger partial charge in [-0.3, -0.25) is 4.90 Å². The minimum absolute atomic E-state index is 0.355. The van der Waals surface area contributed by atoms with E-state index in [2.05, 4.69) is 24.1 Å². The summed E-state index contributed by atoms with van der Waals surface area (Å²) in [7, 11) is 0. The van der Waals surface area contributed by atoms with Gasteiger partial charge >= 0.3 is 0 Å². The molecule has 0 radical (unpaired) electrons. The van der Waals surface area contributed by atoms with Gasteiger partial charge in [-0.25, -0.2) is 0 Å². The summed E-state index contributed by atoms with van der Waals surface area (Å²) in [6.07, 6.45) is 5.39. The van der Waals surface area contributed by atoms with Crippen molar-refractivity contribution < 1.29 is 4.74 Å². The number of ether oxygens (including phenoxy) is 1. The minimum Gasteiger partial charge on any atom is -0.381 e. The van der Waals surface area contributed by atoms with E-state index < -0.39 is 0 Å². The molecule has 0 spiro atoms. The van der Waals surface area contributed by atoms with E-state index in [9.17, 15) is 0 Å². The first-order valence-corrected chi connectivity index (χ1v) is 7.77. The number of nitrogens with zero attached hydrogens (tertiary/aromatic N) is 1. The van der Waals surface area contributed by atoms with Gasteiger partial charge in [-0.1, -0.05) is 6.92 Å². The average molecular weight is 252 g/mol. The number of rotatable bonds is 4. The van der Waals surface area contributed by atoms with Crippen LogP contribution in [-0.4, -0.2) is 49.3 Å². The molecule has 1 aliphatic carbocycles. The average Bonchev–Trinajstić information content (AvgIpc) is 3.11. The molecule has 0 bridgehead atoms. The molecule has 0 aromatic carbocycles. The van der Waals surface area contributed by atoms with E-state index >= 15 is 0 Å². The Morgan fingerprint density at radius 2 is 2.17 bits per heavy atom. The topological polar surface area (TPSA) is 24.5 Å². The predicted octanol–water partition coefficient (Wildman–Crippen LogP) is 1.88. The Bertz CT molecular complexity index is 284. The lowest BCUT2D eigenvalue weighted by atomic mass is 9.89. The van der Waals surface area contributed by atoms with Crippen LogP contribution >= 0.6 is 0 Å². The van der Waals surface area contributed by atoms with Gasteiger partial charge in [0.1, 0.15) is 0 Å². The monoisotopic (exact) mass is 252 g/mol. The van der Waals surface area contributed by atoms with Crippen LogP contribution in [0.4, 0.5) is 0 Å². The predicted molar refractivity (Wildman–Crippen MR) is 73.7 cm³/mol. The van der Waals surface area contributed by atoms with Crippen molar-refractivity contribution in [2.75, 3.05) is 32.8 Å². The van der Waals surface area contributed by atoms with Gasteiger partial charge in [0.05, 0.1) is 6.61 Å². The van der Waals surface area contributed by atoms with Gasteiger partial charge in [0, 0.05) is 37.8 Å². The largest absolute Gasteiger partial charge is 0.381 e. The van der Waals surface area contributed by atoms with Crippen LogP contribution in [0.1, 0.15) is 39.5 Å². The molecule has 3 heteroatoms. The van der Waals surface area contributed by atoms with Gasteiger partial charge < -0.3 is 10.1 Å². The van der Waals surface area contributed by atoms with E-state index in [1.54, 1.807) is 0 Å². The second-order valence-corrected chi connectivity index (χ2v) is 6.81. The Hall–Kier alpha value is -0.120. The van der Waals surface area contributed by atoms with Crippen LogP contribution in [0.5, 0.6) is 0 Å². The highest BCUT2D eigenvalue weighted by Gasteiger charge is 2.42. The second kappa shape index (κ2) is 5.10. The summed E-state index contributed by atoms with van der Waals surface area (Å²) in [5, 5.41) is 3.80. The van der Waals surface area contributed by atoms with Gasteiger partial charge in [-0.15, -0.1) is 0 Å². The summed E-state index contributed by atoms with van der Waals surface area (Å²) in [4.78, 5) is 2.77. The Morgan fingerprint density at radius 1 is 1.33 bits per heavy atom. The summed E-state index contributed by atoms with van der Waals surface area (Å²) in [6.45, 7) is 10.4. The molecule has 18 heavy (non-hydrogen) atoms. The third-order valence-corrected chi connectivity index (χ3v) is 5.38. The zero-order valence-electron chi connectivity index (χ0n) is 12.0. The molecule has 2 heterocycles. The molecule has 3 aliphatic rings. The molecule has 0 aromatic rings. The van der Waals surface area contributed by atoms with Crippen molar-refractivity contribution in [3.8, 4) is 0 Å². The molecule has 3 fully saturated rings. The molecule has 3 nitrogen and oxygen atoms in total. The van der Waals surface area contributed by atoms with Gasteiger partial charge in [-0.05, 0) is 44.4 Å². The fourth-order valence-corrected chi connectivity index (χ4v) is 3.48. The zero-order valence-corrected chi connectivity index (χ0v) is 12.0. The molecule has 1 N–H and O–H groups in total. The molecule has 104 valence electrons. The van der Waals surface area contributed by atoms with E-state index in [1.165, 1.54) is 38.8 Å². The molecule has 0 amide bonds. The van der Waals surface area contributed by atoms with E-state index in [-0.39, 0.29) is 0 Å². The lowest BCUT2D eigenvalue weighted by Crippen LogP contribution is -2.64. The smallest absolute Gasteiger partial charge is 0.0507 e. The van der Waals surface area contributed by atoms with E-state index in [0.29, 0.717) is 5.54 Å². The minimum atomic E-state index is 0.355. The van der Waals surface area contributed by atoms with Crippen molar-refractivity contribution in [1.29, 1.82) is 0 Å². The first-order valence-electron chi connectivity index (χ1n) is 7.77. The van der Waals surface area contributed by atoms with Crippen molar-refractivity contribution in [1.82, 2.24) is 10.2 Å². The summed E-state index contributed by atoms with van der Waals surface area (Å²) in [5.41, 5.74) is 0.355. The fourth-order valence-electron chi connectivity index (χ4n) is 3.48. The summed E-state index contributed by atoms with van der Waals surface area (Å²) < 4.78 is 5.54. The van der Waals surface area contributed by atoms with Gasteiger partial charge in [0.2, 0.25) is 0 Å². The molecule has 3 unspecified atom stereocenters. The SMILES string of the molecule is CCC1(C)CNC(C2CC2)CN1CC1CCOC1. The highest BCUT2D eigenvalue weighted by atomic mass is 16.5. The quantitative estimate of drug-likeness (QED) is 0.827. The van der Waals surface area contributed by atoms with Crippen molar-refractivity contribution >= 4 is 0 Å². The van der Waals surface area contributed by atoms with Crippen molar-refractivity contribution in [2.24, 2.45) is 11.8 Å². The normalized spacial score (nSPS) is 42.3. The third-order valence-electron chi connectivity index (χ3n) is 5.38. The molecular formula is C15H28N2O. The van der Waals surface area contributed by atoms with Crippen LogP contribution < -0.4 is 5.32 Å². The van der Waals surface area contributed by atoms with Crippen LogP contribution in [0, 0.1) is 11.8 Å². The molecular weight excluding hydrogens is 224 g/mol. The standard InChI is InChI=1S/C15H28N2O/c1-3-15(2)11-16-14(13-4-5-13)9-17(15)8-12-6-7-18-10-12/h12-14,16H,3-11H2,1-2H3.